The van der Waals surface area contributed by atoms with Crippen LogP contribution in [0.5, 0.6) is 0 Å². The van der Waals surface area contributed by atoms with E-state index in [1.807, 2.05) is 6.07 Å². The average Bonchev–Trinajstić information content (AvgIpc) is 2.41. The van der Waals surface area contributed by atoms with Gasteiger partial charge in [-0.25, -0.2) is 4.39 Å². The van der Waals surface area contributed by atoms with Crippen LogP contribution in [0.25, 0.3) is 0 Å². The van der Waals surface area contributed by atoms with E-state index < -0.39 is 5.82 Å². The summed E-state index contributed by atoms with van der Waals surface area (Å²) in [6.45, 7) is 0. The maximum Gasteiger partial charge on any atom is 0.143 e. The molecule has 0 aliphatic carbocycles. The molecule has 4 nitrogen and oxygen atoms in total. The Labute approximate surface area is 109 Å². The monoisotopic (exact) mass is 252 g/mol. The summed E-state index contributed by atoms with van der Waals surface area (Å²) in [6, 6.07) is 12.7. The first-order valence-electron chi connectivity index (χ1n) is 5.41. The lowest BCUT2D eigenvalue weighted by molar-refractivity contribution is 0.624. The van der Waals surface area contributed by atoms with Gasteiger partial charge in [-0.05, 0) is 30.3 Å². The van der Waals surface area contributed by atoms with Crippen LogP contribution in [0, 0.1) is 28.5 Å². The second-order valence-corrected chi connectivity index (χ2v) is 3.81. The van der Waals surface area contributed by atoms with Gasteiger partial charge in [0.1, 0.15) is 17.4 Å². The SMILES string of the molecule is N#Cc1ccc(N)c(Nc2cccc(F)c2C#N)c1. The van der Waals surface area contributed by atoms with Crippen LogP contribution in [0.1, 0.15) is 11.1 Å². The molecule has 19 heavy (non-hydrogen) atoms. The summed E-state index contributed by atoms with van der Waals surface area (Å²) in [5.41, 5.74) is 7.28. The van der Waals surface area contributed by atoms with Gasteiger partial charge in [0.2, 0.25) is 0 Å². The molecule has 0 amide bonds. The van der Waals surface area contributed by atoms with E-state index in [-0.39, 0.29) is 5.56 Å². The number of nitriles is 2. The Morgan fingerprint density at radius 2 is 1.84 bits per heavy atom. The quantitative estimate of drug-likeness (QED) is 0.804. The van der Waals surface area contributed by atoms with E-state index in [0.717, 1.165) is 0 Å². The number of halogens is 1. The lowest BCUT2D eigenvalue weighted by atomic mass is 10.1. The van der Waals surface area contributed by atoms with Gasteiger partial charge in [0.15, 0.2) is 0 Å². The second kappa shape index (κ2) is 5.07. The van der Waals surface area contributed by atoms with E-state index in [1.165, 1.54) is 12.1 Å². The Balaban J connectivity index is 2.46. The van der Waals surface area contributed by atoms with Gasteiger partial charge in [-0.3, -0.25) is 0 Å². The van der Waals surface area contributed by atoms with Crippen LogP contribution in [0.4, 0.5) is 21.5 Å². The lowest BCUT2D eigenvalue weighted by Gasteiger charge is -2.11. The van der Waals surface area contributed by atoms with Crippen molar-refractivity contribution in [1.29, 1.82) is 10.5 Å². The first-order chi connectivity index (χ1) is 9.15. The van der Waals surface area contributed by atoms with Crippen LogP contribution < -0.4 is 11.1 Å². The minimum absolute atomic E-state index is 0.0933. The highest BCUT2D eigenvalue weighted by molar-refractivity contribution is 5.76. The summed E-state index contributed by atoms with van der Waals surface area (Å²) in [6.07, 6.45) is 0. The van der Waals surface area contributed by atoms with Crippen LogP contribution in [0.3, 0.4) is 0 Å². The number of rotatable bonds is 2. The number of anilines is 3. The zero-order chi connectivity index (χ0) is 13.8. The fraction of sp³-hybridized carbons (Fsp3) is 0. The topological polar surface area (TPSA) is 85.6 Å². The molecule has 0 heterocycles. The van der Waals surface area contributed by atoms with Crippen molar-refractivity contribution in [1.82, 2.24) is 0 Å². The highest BCUT2D eigenvalue weighted by atomic mass is 19.1. The molecule has 2 aromatic rings. The van der Waals surface area contributed by atoms with Gasteiger partial charge in [0.05, 0.1) is 28.7 Å². The van der Waals surface area contributed by atoms with Gasteiger partial charge in [0, 0.05) is 0 Å². The van der Waals surface area contributed by atoms with Crippen molar-refractivity contribution in [3.63, 3.8) is 0 Å². The van der Waals surface area contributed by atoms with Crippen molar-refractivity contribution in [2.24, 2.45) is 0 Å². The highest BCUT2D eigenvalue weighted by Crippen LogP contribution is 2.27. The van der Waals surface area contributed by atoms with Gasteiger partial charge in [0.25, 0.3) is 0 Å². The van der Waals surface area contributed by atoms with E-state index in [9.17, 15) is 4.39 Å². The summed E-state index contributed by atoms with van der Waals surface area (Å²) in [4.78, 5) is 0. The molecule has 0 saturated heterocycles. The predicted molar refractivity (Wildman–Crippen MR) is 70.0 cm³/mol. The normalized spacial score (nSPS) is 9.42. The fourth-order valence-corrected chi connectivity index (χ4v) is 1.62. The molecule has 0 unspecified atom stereocenters. The summed E-state index contributed by atoms with van der Waals surface area (Å²) in [5, 5.41) is 20.6. The Morgan fingerprint density at radius 3 is 2.53 bits per heavy atom. The first-order valence-corrected chi connectivity index (χ1v) is 5.41. The number of nitrogens with zero attached hydrogens (tertiary/aromatic N) is 2. The Morgan fingerprint density at radius 1 is 1.05 bits per heavy atom. The van der Waals surface area contributed by atoms with Gasteiger partial charge in [-0.15, -0.1) is 0 Å². The number of nitrogens with two attached hydrogens (primary N) is 1. The molecule has 0 bridgehead atoms. The smallest absolute Gasteiger partial charge is 0.143 e. The molecule has 0 atom stereocenters. The zero-order valence-corrected chi connectivity index (χ0v) is 9.81. The fourth-order valence-electron chi connectivity index (χ4n) is 1.62. The third-order valence-corrected chi connectivity index (χ3v) is 2.58. The maximum atomic E-state index is 13.5. The van der Waals surface area contributed by atoms with Crippen LogP contribution in [0.2, 0.25) is 0 Å². The highest BCUT2D eigenvalue weighted by Gasteiger charge is 2.09. The van der Waals surface area contributed by atoms with Crippen LogP contribution in [-0.2, 0) is 0 Å². The van der Waals surface area contributed by atoms with E-state index in [0.29, 0.717) is 22.6 Å². The molecular formula is C14H9FN4. The van der Waals surface area contributed by atoms with Crippen LogP contribution in [-0.4, -0.2) is 0 Å². The van der Waals surface area contributed by atoms with Gasteiger partial charge >= 0.3 is 0 Å². The summed E-state index contributed by atoms with van der Waals surface area (Å²) in [5.74, 6) is -0.609. The molecule has 2 rings (SSSR count). The van der Waals surface area contributed by atoms with E-state index in [4.69, 9.17) is 16.3 Å². The molecule has 5 heteroatoms. The number of nitrogen functional groups attached to an aromatic ring is 1. The van der Waals surface area contributed by atoms with Crippen molar-refractivity contribution < 1.29 is 4.39 Å². The molecule has 0 aromatic heterocycles. The van der Waals surface area contributed by atoms with Crippen molar-refractivity contribution in [3.8, 4) is 12.1 Å². The largest absolute Gasteiger partial charge is 0.397 e. The zero-order valence-electron chi connectivity index (χ0n) is 9.81. The maximum absolute atomic E-state index is 13.5. The number of hydrogen-bond acceptors (Lipinski definition) is 4. The summed E-state index contributed by atoms with van der Waals surface area (Å²) in [7, 11) is 0. The minimum Gasteiger partial charge on any atom is -0.397 e. The van der Waals surface area contributed by atoms with Gasteiger partial charge in [-0.2, -0.15) is 10.5 Å². The van der Waals surface area contributed by atoms with Crippen molar-refractivity contribution in [2.45, 2.75) is 0 Å². The van der Waals surface area contributed by atoms with Crippen molar-refractivity contribution in [3.05, 3.63) is 53.3 Å². The number of hydrogen-bond donors (Lipinski definition) is 2. The summed E-state index contributed by atoms with van der Waals surface area (Å²) < 4.78 is 13.5. The average molecular weight is 252 g/mol. The molecular weight excluding hydrogens is 243 g/mol. The number of benzene rings is 2. The Bertz CT molecular complexity index is 710. The van der Waals surface area contributed by atoms with Gasteiger partial charge in [-0.1, -0.05) is 6.07 Å². The standard InChI is InChI=1S/C14H9FN4/c15-11-2-1-3-13(10(11)8-17)19-14-6-9(7-16)4-5-12(14)18/h1-6,19H,18H2. The van der Waals surface area contributed by atoms with E-state index in [2.05, 4.69) is 5.32 Å². The Hall–Kier alpha value is -3.05. The molecule has 0 fully saturated rings. The van der Waals surface area contributed by atoms with Crippen LogP contribution >= 0.6 is 0 Å². The third-order valence-electron chi connectivity index (χ3n) is 2.58. The van der Waals surface area contributed by atoms with E-state index in [1.54, 1.807) is 30.3 Å². The minimum atomic E-state index is -0.609. The third kappa shape index (κ3) is 2.46. The molecule has 0 aliphatic rings. The van der Waals surface area contributed by atoms with Gasteiger partial charge < -0.3 is 11.1 Å². The molecule has 0 spiro atoms. The predicted octanol–water partition coefficient (Wildman–Crippen LogP) is 2.89. The molecule has 0 radical (unpaired) electrons. The summed E-state index contributed by atoms with van der Waals surface area (Å²) >= 11 is 0. The van der Waals surface area contributed by atoms with Crippen molar-refractivity contribution >= 4 is 17.1 Å². The number of nitrogens with one attached hydrogen (secondary N) is 1. The van der Waals surface area contributed by atoms with E-state index >= 15 is 0 Å². The lowest BCUT2D eigenvalue weighted by Crippen LogP contribution is -2.00. The molecule has 0 saturated carbocycles. The molecule has 92 valence electrons. The molecule has 2 aromatic carbocycles. The first kappa shape index (κ1) is 12.4. The van der Waals surface area contributed by atoms with Crippen molar-refractivity contribution in [2.75, 3.05) is 11.1 Å². The van der Waals surface area contributed by atoms with Crippen LogP contribution in [0.15, 0.2) is 36.4 Å². The second-order valence-electron chi connectivity index (χ2n) is 3.81. The molecule has 3 N–H and O–H groups in total. The molecule has 0 aliphatic heterocycles. The Kier molecular flexibility index (Phi) is 3.31.